The fourth-order valence-electron chi connectivity index (χ4n) is 1.43. The zero-order valence-corrected chi connectivity index (χ0v) is 9.57. The molecule has 16 heavy (non-hydrogen) atoms. The molecule has 0 bridgehead atoms. The first kappa shape index (κ1) is 10.9. The summed E-state index contributed by atoms with van der Waals surface area (Å²) in [6.07, 6.45) is 1.71. The van der Waals surface area contributed by atoms with Crippen LogP contribution >= 0.6 is 0 Å². The van der Waals surface area contributed by atoms with Crippen LogP contribution in [-0.2, 0) is 16.3 Å². The predicted molar refractivity (Wildman–Crippen MR) is 57.8 cm³/mol. The van der Waals surface area contributed by atoms with Crippen LogP contribution in [0, 0.1) is 0 Å². The van der Waals surface area contributed by atoms with Gasteiger partial charge in [0.15, 0.2) is 0 Å². The number of hydrogen-bond donors (Lipinski definition) is 0. The normalized spacial score (nSPS) is 11.6. The lowest BCUT2D eigenvalue weighted by Crippen LogP contribution is -2.03. The molecule has 0 unspecified atom stereocenters. The summed E-state index contributed by atoms with van der Waals surface area (Å²) in [5, 5.41) is 3.67. The second-order valence-corrected chi connectivity index (χ2v) is 5.21. The van der Waals surface area contributed by atoms with E-state index in [1.165, 1.54) is 6.26 Å². The number of rotatable bonds is 3. The van der Waals surface area contributed by atoms with Crippen molar-refractivity contribution >= 4 is 9.84 Å². The van der Waals surface area contributed by atoms with E-state index in [0.29, 0.717) is 12.1 Å². The fraction of sp³-hybridized carbons (Fsp3) is 0.182. The van der Waals surface area contributed by atoms with Gasteiger partial charge in [0.25, 0.3) is 0 Å². The van der Waals surface area contributed by atoms with Gasteiger partial charge in [-0.1, -0.05) is 30.3 Å². The smallest absolute Gasteiger partial charge is 0.211 e. The lowest BCUT2D eigenvalue weighted by atomic mass is 10.3. The van der Waals surface area contributed by atoms with Crippen molar-refractivity contribution < 1.29 is 12.9 Å². The molecule has 1 aromatic heterocycles. The Morgan fingerprint density at radius 3 is 2.56 bits per heavy atom. The predicted octanol–water partition coefficient (Wildman–Crippen LogP) is 2.07. The third kappa shape index (κ3) is 1.74. The van der Waals surface area contributed by atoms with Crippen LogP contribution in [0.4, 0.5) is 0 Å². The Morgan fingerprint density at radius 2 is 1.94 bits per heavy atom. The van der Waals surface area contributed by atoms with Crippen LogP contribution in [0.2, 0.25) is 0 Å². The molecule has 0 aliphatic carbocycles. The van der Waals surface area contributed by atoms with Crippen molar-refractivity contribution in [2.45, 2.75) is 23.1 Å². The molecule has 0 amide bonds. The molecule has 0 fully saturated rings. The topological polar surface area (TPSA) is 60.2 Å². The van der Waals surface area contributed by atoms with Crippen LogP contribution in [0.25, 0.3) is 0 Å². The fourth-order valence-corrected chi connectivity index (χ4v) is 2.87. The molecule has 84 valence electrons. The molecule has 0 aliphatic heterocycles. The van der Waals surface area contributed by atoms with Gasteiger partial charge in [0.2, 0.25) is 9.84 Å². The molecule has 2 aromatic rings. The Balaban J connectivity index is 2.56. The zero-order chi connectivity index (χ0) is 11.6. The number of hydrogen-bond acceptors (Lipinski definition) is 4. The van der Waals surface area contributed by atoms with Gasteiger partial charge < -0.3 is 4.52 Å². The number of aryl methyl sites for hydroxylation is 1. The van der Waals surface area contributed by atoms with Gasteiger partial charge in [-0.15, -0.1) is 0 Å². The maximum Gasteiger partial charge on any atom is 0.211 e. The van der Waals surface area contributed by atoms with Crippen LogP contribution in [0.3, 0.4) is 0 Å². The number of benzene rings is 1. The van der Waals surface area contributed by atoms with Crippen LogP contribution in [0.1, 0.15) is 12.6 Å². The van der Waals surface area contributed by atoms with E-state index in [-0.39, 0.29) is 9.79 Å². The van der Waals surface area contributed by atoms with E-state index >= 15 is 0 Å². The van der Waals surface area contributed by atoms with Crippen LogP contribution < -0.4 is 0 Å². The zero-order valence-electron chi connectivity index (χ0n) is 8.75. The van der Waals surface area contributed by atoms with Crippen molar-refractivity contribution in [3.8, 4) is 0 Å². The van der Waals surface area contributed by atoms with Crippen molar-refractivity contribution in [1.29, 1.82) is 0 Å². The highest BCUT2D eigenvalue weighted by molar-refractivity contribution is 7.91. The van der Waals surface area contributed by atoms with Gasteiger partial charge >= 0.3 is 0 Å². The van der Waals surface area contributed by atoms with E-state index in [2.05, 4.69) is 5.16 Å². The van der Waals surface area contributed by atoms with E-state index in [9.17, 15) is 8.42 Å². The molecule has 0 aliphatic rings. The Bertz CT molecular complexity index is 572. The maximum atomic E-state index is 12.2. The number of nitrogens with zero attached hydrogens (tertiary/aromatic N) is 1. The summed E-state index contributed by atoms with van der Waals surface area (Å²) < 4.78 is 29.1. The Labute approximate surface area is 93.8 Å². The minimum absolute atomic E-state index is 0.154. The lowest BCUT2D eigenvalue weighted by Gasteiger charge is -2.01. The summed E-state index contributed by atoms with van der Waals surface area (Å²) in [4.78, 5) is 0.411. The van der Waals surface area contributed by atoms with E-state index < -0.39 is 9.84 Å². The molecule has 4 nitrogen and oxygen atoms in total. The highest BCUT2D eigenvalue weighted by atomic mass is 32.2. The molecule has 0 atom stereocenters. The highest BCUT2D eigenvalue weighted by Gasteiger charge is 2.23. The third-order valence-corrected chi connectivity index (χ3v) is 4.09. The van der Waals surface area contributed by atoms with Gasteiger partial charge in [-0.25, -0.2) is 8.42 Å². The van der Waals surface area contributed by atoms with Gasteiger partial charge in [-0.3, -0.25) is 0 Å². The first-order valence-electron chi connectivity index (χ1n) is 4.89. The van der Waals surface area contributed by atoms with Crippen LogP contribution in [0.15, 0.2) is 50.9 Å². The Hall–Kier alpha value is -1.62. The minimum Gasteiger partial charge on any atom is -0.363 e. The van der Waals surface area contributed by atoms with E-state index in [1.54, 1.807) is 30.3 Å². The van der Waals surface area contributed by atoms with Crippen molar-refractivity contribution in [2.24, 2.45) is 0 Å². The van der Waals surface area contributed by atoms with Gasteiger partial charge in [0, 0.05) is 0 Å². The van der Waals surface area contributed by atoms with Gasteiger partial charge in [0.05, 0.1) is 4.90 Å². The average Bonchev–Trinajstić information content (AvgIpc) is 2.79. The van der Waals surface area contributed by atoms with E-state index in [1.807, 2.05) is 6.92 Å². The monoisotopic (exact) mass is 237 g/mol. The van der Waals surface area contributed by atoms with Crippen molar-refractivity contribution in [2.75, 3.05) is 0 Å². The highest BCUT2D eigenvalue weighted by Crippen LogP contribution is 2.23. The summed E-state index contributed by atoms with van der Waals surface area (Å²) in [6, 6.07) is 8.26. The summed E-state index contributed by atoms with van der Waals surface area (Å²) >= 11 is 0. The first-order valence-corrected chi connectivity index (χ1v) is 6.38. The molecule has 0 N–H and O–H groups in total. The SMILES string of the molecule is CCc1nocc1S(=O)(=O)c1ccccc1. The van der Waals surface area contributed by atoms with Gasteiger partial charge in [0.1, 0.15) is 16.9 Å². The molecule has 1 aromatic carbocycles. The Morgan fingerprint density at radius 1 is 1.25 bits per heavy atom. The quantitative estimate of drug-likeness (QED) is 0.819. The minimum atomic E-state index is -3.49. The number of sulfone groups is 1. The van der Waals surface area contributed by atoms with Gasteiger partial charge in [-0.2, -0.15) is 0 Å². The Kier molecular flexibility index (Phi) is 2.78. The van der Waals surface area contributed by atoms with E-state index in [4.69, 9.17) is 4.52 Å². The summed E-state index contributed by atoms with van der Waals surface area (Å²) in [6.45, 7) is 1.84. The molecule has 2 rings (SSSR count). The van der Waals surface area contributed by atoms with Crippen molar-refractivity contribution in [3.05, 3.63) is 42.3 Å². The average molecular weight is 237 g/mol. The summed E-state index contributed by atoms with van der Waals surface area (Å²) in [7, 11) is -3.49. The summed E-state index contributed by atoms with van der Waals surface area (Å²) in [5.41, 5.74) is 0.462. The first-order chi connectivity index (χ1) is 7.66. The molecule has 0 saturated carbocycles. The lowest BCUT2D eigenvalue weighted by molar-refractivity contribution is 0.411. The maximum absolute atomic E-state index is 12.2. The molecule has 0 radical (unpaired) electrons. The molecular formula is C11H11NO3S. The van der Waals surface area contributed by atoms with Crippen LogP contribution in [0.5, 0.6) is 0 Å². The molecule has 0 spiro atoms. The summed E-state index contributed by atoms with van der Waals surface area (Å²) in [5.74, 6) is 0. The molecular weight excluding hydrogens is 226 g/mol. The standard InChI is InChI=1S/C11H11NO3S/c1-2-10-11(8-15-12-10)16(13,14)9-6-4-3-5-7-9/h3-8H,2H2,1H3. The van der Waals surface area contributed by atoms with Crippen molar-refractivity contribution in [3.63, 3.8) is 0 Å². The molecule has 5 heteroatoms. The third-order valence-electron chi connectivity index (χ3n) is 2.28. The molecule has 1 heterocycles. The molecule has 0 saturated heterocycles. The van der Waals surface area contributed by atoms with E-state index in [0.717, 1.165) is 0 Å². The second-order valence-electron chi connectivity index (χ2n) is 3.30. The second kappa shape index (κ2) is 4.09. The van der Waals surface area contributed by atoms with Gasteiger partial charge in [-0.05, 0) is 18.6 Å². The number of aromatic nitrogens is 1. The van der Waals surface area contributed by atoms with Crippen molar-refractivity contribution in [1.82, 2.24) is 5.16 Å². The largest absolute Gasteiger partial charge is 0.363 e. The van der Waals surface area contributed by atoms with Crippen LogP contribution in [-0.4, -0.2) is 13.6 Å².